The Kier molecular flexibility index (Phi) is 11.3. The Morgan fingerprint density at radius 2 is 1.62 bits per heavy atom. The average Bonchev–Trinajstić information content (AvgIpc) is 2.92. The van der Waals surface area contributed by atoms with Crippen LogP contribution in [0.5, 0.6) is 0 Å². The van der Waals surface area contributed by atoms with Crippen LogP contribution in [0, 0.1) is 29.5 Å². The molecule has 0 amide bonds. The van der Waals surface area contributed by atoms with Crippen LogP contribution in [0.3, 0.4) is 0 Å². The molecule has 2 saturated carbocycles. The number of halogens is 5. The lowest BCUT2D eigenvalue weighted by molar-refractivity contribution is -0.0821. The molecule has 3 fully saturated rings. The maximum Gasteiger partial charge on any atom is 0.412 e. The van der Waals surface area contributed by atoms with Crippen LogP contribution in [0.4, 0.5) is 22.0 Å². The van der Waals surface area contributed by atoms with Gasteiger partial charge in [-0.05, 0) is 124 Å². The van der Waals surface area contributed by atoms with Gasteiger partial charge in [0.05, 0.1) is 12.2 Å². The van der Waals surface area contributed by atoms with Crippen molar-refractivity contribution >= 4 is 0 Å². The van der Waals surface area contributed by atoms with Gasteiger partial charge in [-0.2, -0.15) is 13.2 Å². The van der Waals surface area contributed by atoms with E-state index in [-0.39, 0.29) is 11.9 Å². The Balaban J connectivity index is 1.17. The number of rotatable bonds is 10. The van der Waals surface area contributed by atoms with E-state index in [1.165, 1.54) is 38.5 Å². The van der Waals surface area contributed by atoms with Gasteiger partial charge in [-0.3, -0.25) is 0 Å². The SMILES string of the molecule is CCCCCC1CCC(C2CCC(c3ccc(CCC4CCC(/C(F)=C/C(F)(F)F)CC4)c(F)c3)CC2)OC1. The molecule has 0 aromatic heterocycles. The molecule has 2 unspecified atom stereocenters. The van der Waals surface area contributed by atoms with Crippen molar-refractivity contribution in [3.8, 4) is 0 Å². The summed E-state index contributed by atoms with van der Waals surface area (Å²) in [7, 11) is 0. The van der Waals surface area contributed by atoms with Gasteiger partial charge in [0.2, 0.25) is 0 Å². The summed E-state index contributed by atoms with van der Waals surface area (Å²) in [5, 5.41) is 0. The second-order valence-electron chi connectivity index (χ2n) is 12.6. The van der Waals surface area contributed by atoms with Gasteiger partial charge in [0, 0.05) is 12.5 Å². The van der Waals surface area contributed by atoms with Crippen molar-refractivity contribution in [2.75, 3.05) is 6.61 Å². The van der Waals surface area contributed by atoms with Crippen LogP contribution in [-0.2, 0) is 11.2 Å². The van der Waals surface area contributed by atoms with Gasteiger partial charge in [0.1, 0.15) is 11.6 Å². The van der Waals surface area contributed by atoms with Crippen molar-refractivity contribution in [2.24, 2.45) is 23.7 Å². The fourth-order valence-electron chi connectivity index (χ4n) is 7.31. The van der Waals surface area contributed by atoms with Crippen LogP contribution in [0.15, 0.2) is 30.1 Å². The van der Waals surface area contributed by atoms with Crippen molar-refractivity contribution in [2.45, 2.75) is 128 Å². The highest BCUT2D eigenvalue weighted by Gasteiger charge is 2.33. The van der Waals surface area contributed by atoms with Gasteiger partial charge in [0.15, 0.2) is 0 Å². The zero-order chi connectivity index (χ0) is 27.8. The first-order valence-corrected chi connectivity index (χ1v) is 15.6. The predicted octanol–water partition coefficient (Wildman–Crippen LogP) is 10.6. The molecule has 0 spiro atoms. The van der Waals surface area contributed by atoms with Crippen LogP contribution >= 0.6 is 0 Å². The maximum atomic E-state index is 15.0. The summed E-state index contributed by atoms with van der Waals surface area (Å²) >= 11 is 0. The number of alkyl halides is 3. The van der Waals surface area contributed by atoms with E-state index in [4.69, 9.17) is 4.74 Å². The van der Waals surface area contributed by atoms with Crippen molar-refractivity contribution in [3.63, 3.8) is 0 Å². The van der Waals surface area contributed by atoms with Gasteiger partial charge in [-0.1, -0.05) is 38.3 Å². The van der Waals surface area contributed by atoms with Crippen molar-refractivity contribution in [1.29, 1.82) is 0 Å². The monoisotopic (exact) mass is 554 g/mol. The molecule has 0 radical (unpaired) electrons. The Labute approximate surface area is 232 Å². The van der Waals surface area contributed by atoms with Crippen molar-refractivity contribution in [1.82, 2.24) is 0 Å². The molecule has 2 aliphatic carbocycles. The van der Waals surface area contributed by atoms with Crippen LogP contribution in [0.2, 0.25) is 0 Å². The summed E-state index contributed by atoms with van der Waals surface area (Å²) in [6.45, 7) is 3.18. The Morgan fingerprint density at radius 1 is 0.897 bits per heavy atom. The van der Waals surface area contributed by atoms with Gasteiger partial charge < -0.3 is 4.74 Å². The van der Waals surface area contributed by atoms with Crippen molar-refractivity contribution < 1.29 is 26.7 Å². The lowest BCUT2D eigenvalue weighted by Gasteiger charge is -2.38. The first-order chi connectivity index (χ1) is 18.7. The summed E-state index contributed by atoms with van der Waals surface area (Å²) in [5.41, 5.74) is 1.81. The third-order valence-electron chi connectivity index (χ3n) is 9.83. The fourth-order valence-corrected chi connectivity index (χ4v) is 7.31. The quantitative estimate of drug-likeness (QED) is 0.206. The van der Waals surface area contributed by atoms with E-state index >= 15 is 4.39 Å². The highest BCUT2D eigenvalue weighted by molar-refractivity contribution is 5.27. The molecule has 0 N–H and O–H groups in total. The van der Waals surface area contributed by atoms with Gasteiger partial charge in [0.25, 0.3) is 0 Å². The van der Waals surface area contributed by atoms with Gasteiger partial charge in [-0.25, -0.2) is 8.78 Å². The molecule has 6 heteroatoms. The summed E-state index contributed by atoms with van der Waals surface area (Å²) in [6, 6.07) is 5.75. The molecular weight excluding hydrogens is 507 g/mol. The lowest BCUT2D eigenvalue weighted by atomic mass is 9.74. The minimum absolute atomic E-state index is 0.146. The van der Waals surface area contributed by atoms with Gasteiger partial charge >= 0.3 is 6.18 Å². The summed E-state index contributed by atoms with van der Waals surface area (Å²) < 4.78 is 72.5. The lowest BCUT2D eigenvalue weighted by Crippen LogP contribution is -2.34. The number of hydrogen-bond donors (Lipinski definition) is 0. The minimum Gasteiger partial charge on any atom is -0.378 e. The fraction of sp³-hybridized carbons (Fsp3) is 0.758. The predicted molar refractivity (Wildman–Crippen MR) is 147 cm³/mol. The maximum absolute atomic E-state index is 15.0. The Hall–Kier alpha value is -1.43. The van der Waals surface area contributed by atoms with E-state index in [0.29, 0.717) is 61.5 Å². The molecule has 0 bridgehead atoms. The molecule has 3 aliphatic rings. The smallest absolute Gasteiger partial charge is 0.378 e. The molecule has 1 saturated heterocycles. The van der Waals surface area contributed by atoms with Crippen LogP contribution in [0.25, 0.3) is 0 Å². The summed E-state index contributed by atoms with van der Waals surface area (Å²) in [5.74, 6) is 0.263. The zero-order valence-electron chi connectivity index (χ0n) is 23.6. The molecule has 1 aromatic carbocycles. The van der Waals surface area contributed by atoms with E-state index in [1.807, 2.05) is 6.07 Å². The number of allylic oxidation sites excluding steroid dienone is 2. The first kappa shape index (κ1) is 30.5. The summed E-state index contributed by atoms with van der Waals surface area (Å²) in [4.78, 5) is 0. The standard InChI is InChI=1S/C33H47F5O/c1-2-3-4-5-24-9-19-32(39-22-24)28-16-13-25(14-17-28)29-18-15-26(30(34)20-29)10-6-23-7-11-27(12-8-23)31(35)21-33(36,37)38/h15,18,20-21,23-25,27-28,32H,2-14,16-17,19,22H2,1H3/b31-21-. The Bertz CT molecular complexity index is 901. The molecule has 2 atom stereocenters. The molecule has 4 rings (SSSR count). The number of ether oxygens (including phenoxy) is 1. The molecule has 1 nitrogen and oxygen atoms in total. The molecular formula is C33H47F5O. The van der Waals surface area contributed by atoms with Crippen LogP contribution in [-0.4, -0.2) is 18.9 Å². The number of unbranched alkanes of at least 4 members (excludes halogenated alkanes) is 2. The first-order valence-electron chi connectivity index (χ1n) is 15.6. The van der Waals surface area contributed by atoms with Crippen LogP contribution < -0.4 is 0 Å². The molecule has 39 heavy (non-hydrogen) atoms. The minimum atomic E-state index is -4.61. The normalized spacial score (nSPS) is 30.9. The number of aryl methyl sites for hydroxylation is 1. The third kappa shape index (κ3) is 9.30. The second kappa shape index (κ2) is 14.5. The largest absolute Gasteiger partial charge is 0.412 e. The van der Waals surface area contributed by atoms with E-state index in [9.17, 15) is 17.6 Å². The third-order valence-corrected chi connectivity index (χ3v) is 9.83. The number of hydrogen-bond acceptors (Lipinski definition) is 1. The second-order valence-corrected chi connectivity index (χ2v) is 12.6. The zero-order valence-corrected chi connectivity index (χ0v) is 23.6. The highest BCUT2D eigenvalue weighted by atomic mass is 19.4. The van der Waals surface area contributed by atoms with Crippen LogP contribution in [0.1, 0.15) is 120 Å². The average molecular weight is 555 g/mol. The van der Waals surface area contributed by atoms with E-state index in [1.54, 1.807) is 6.07 Å². The number of benzene rings is 1. The van der Waals surface area contributed by atoms with E-state index in [0.717, 1.165) is 50.2 Å². The summed E-state index contributed by atoms with van der Waals surface area (Å²) in [6.07, 6.45) is 11.4. The van der Waals surface area contributed by atoms with Crippen molar-refractivity contribution in [3.05, 3.63) is 47.0 Å². The highest BCUT2D eigenvalue weighted by Crippen LogP contribution is 2.41. The Morgan fingerprint density at radius 3 is 2.23 bits per heavy atom. The van der Waals surface area contributed by atoms with E-state index in [2.05, 4.69) is 13.0 Å². The van der Waals surface area contributed by atoms with E-state index < -0.39 is 17.9 Å². The molecule has 1 aromatic rings. The molecule has 1 heterocycles. The topological polar surface area (TPSA) is 9.23 Å². The molecule has 1 aliphatic heterocycles. The molecule has 220 valence electrons. The van der Waals surface area contributed by atoms with Gasteiger partial charge in [-0.15, -0.1) is 0 Å².